The number of hydrogen-bond donors (Lipinski definition) is 0. The molecule has 0 radical (unpaired) electrons. The number of carbonyl (C=O) groups is 1. The van der Waals surface area contributed by atoms with Crippen molar-refractivity contribution in [3.63, 3.8) is 0 Å². The molecule has 6 nitrogen and oxygen atoms in total. The fourth-order valence-electron chi connectivity index (χ4n) is 4.30. The predicted molar refractivity (Wildman–Crippen MR) is 128 cm³/mol. The Balaban J connectivity index is 1.68. The molecule has 0 aromatic heterocycles. The van der Waals surface area contributed by atoms with Gasteiger partial charge < -0.3 is 24.0 Å². The lowest BCUT2D eigenvalue weighted by molar-refractivity contribution is 0.0675. The average Bonchev–Trinajstić information content (AvgIpc) is 2.83. The molecule has 0 spiro atoms. The molecule has 1 aliphatic heterocycles. The number of ether oxygens (including phenoxy) is 3. The first-order valence-corrected chi connectivity index (χ1v) is 11.2. The molecule has 1 amide bonds. The molecular formula is C26H36N2O4. The third-order valence-electron chi connectivity index (χ3n) is 6.59. The quantitative estimate of drug-likeness (QED) is 0.602. The Labute approximate surface area is 192 Å². The van der Waals surface area contributed by atoms with Gasteiger partial charge >= 0.3 is 0 Å². The molecule has 2 aromatic carbocycles. The second kappa shape index (κ2) is 10.7. The van der Waals surface area contributed by atoms with Crippen molar-refractivity contribution in [2.75, 3.05) is 48.5 Å². The minimum atomic E-state index is 0.112. The minimum absolute atomic E-state index is 0.112. The summed E-state index contributed by atoms with van der Waals surface area (Å²) in [5.41, 5.74) is 2.65. The highest BCUT2D eigenvalue weighted by Gasteiger charge is 2.25. The number of hydrogen-bond acceptors (Lipinski definition) is 5. The summed E-state index contributed by atoms with van der Waals surface area (Å²) in [5, 5.41) is 0. The highest BCUT2D eigenvalue weighted by atomic mass is 16.5. The fraction of sp³-hybridized carbons (Fsp3) is 0.500. The van der Waals surface area contributed by atoms with Crippen LogP contribution in [0.15, 0.2) is 36.4 Å². The van der Waals surface area contributed by atoms with Gasteiger partial charge in [-0.05, 0) is 81.6 Å². The van der Waals surface area contributed by atoms with E-state index in [-0.39, 0.29) is 5.91 Å². The summed E-state index contributed by atoms with van der Waals surface area (Å²) in [6, 6.07) is 12.2. The number of rotatable bonds is 8. The minimum Gasteiger partial charge on any atom is -0.493 e. The number of piperidine rings is 1. The van der Waals surface area contributed by atoms with Gasteiger partial charge in [-0.25, -0.2) is 0 Å². The van der Waals surface area contributed by atoms with Crippen LogP contribution in [0, 0.1) is 5.92 Å². The van der Waals surface area contributed by atoms with Crippen molar-refractivity contribution < 1.29 is 19.0 Å². The van der Waals surface area contributed by atoms with Gasteiger partial charge in [0.25, 0.3) is 5.91 Å². The van der Waals surface area contributed by atoms with Gasteiger partial charge in [0.1, 0.15) is 0 Å². The maximum Gasteiger partial charge on any atom is 0.253 e. The van der Waals surface area contributed by atoms with Crippen molar-refractivity contribution in [3.05, 3.63) is 42.0 Å². The largest absolute Gasteiger partial charge is 0.493 e. The predicted octanol–water partition coefficient (Wildman–Crippen LogP) is 4.57. The van der Waals surface area contributed by atoms with Crippen LogP contribution in [-0.2, 0) is 0 Å². The van der Waals surface area contributed by atoms with E-state index in [2.05, 4.69) is 25.9 Å². The zero-order valence-corrected chi connectivity index (χ0v) is 20.2. The number of likely N-dealkylation sites (tertiary alicyclic amines) is 1. The molecule has 3 rings (SSSR count). The SMILES string of the molecule is COc1cc(-c2ccc(C(=O)N3CCC(CC(C)N(C)C)CC3)cc2)cc(OC)c1OC. The van der Waals surface area contributed by atoms with E-state index in [0.29, 0.717) is 29.2 Å². The lowest BCUT2D eigenvalue weighted by Gasteiger charge is -2.34. The molecule has 32 heavy (non-hydrogen) atoms. The number of amides is 1. The molecule has 0 N–H and O–H groups in total. The standard InChI is InChI=1S/C26H36N2O4/c1-18(27(2)3)15-19-11-13-28(14-12-19)26(29)21-9-7-20(8-10-21)22-16-23(30-4)25(32-6)24(17-22)31-5/h7-10,16-19H,11-15H2,1-6H3. The molecular weight excluding hydrogens is 404 g/mol. The monoisotopic (exact) mass is 440 g/mol. The van der Waals surface area contributed by atoms with Crippen LogP contribution in [0.4, 0.5) is 0 Å². The van der Waals surface area contributed by atoms with Gasteiger partial charge in [0.15, 0.2) is 11.5 Å². The van der Waals surface area contributed by atoms with E-state index in [1.807, 2.05) is 41.3 Å². The zero-order chi connectivity index (χ0) is 23.3. The third-order valence-corrected chi connectivity index (χ3v) is 6.59. The Morgan fingerprint density at radius 1 is 0.969 bits per heavy atom. The van der Waals surface area contributed by atoms with Crippen LogP contribution < -0.4 is 14.2 Å². The van der Waals surface area contributed by atoms with Crippen molar-refractivity contribution >= 4 is 5.91 Å². The van der Waals surface area contributed by atoms with Crippen molar-refractivity contribution in [1.82, 2.24) is 9.80 Å². The molecule has 0 aliphatic carbocycles. The first kappa shape index (κ1) is 23.9. The van der Waals surface area contributed by atoms with Gasteiger partial charge in [-0.1, -0.05) is 12.1 Å². The topological polar surface area (TPSA) is 51.2 Å². The van der Waals surface area contributed by atoms with Crippen molar-refractivity contribution in [1.29, 1.82) is 0 Å². The molecule has 2 aromatic rings. The van der Waals surface area contributed by atoms with Crippen LogP contribution in [0.1, 0.15) is 36.5 Å². The second-order valence-corrected chi connectivity index (χ2v) is 8.78. The molecule has 1 heterocycles. The first-order valence-electron chi connectivity index (χ1n) is 11.2. The number of carbonyl (C=O) groups excluding carboxylic acids is 1. The summed E-state index contributed by atoms with van der Waals surface area (Å²) in [5.74, 6) is 2.58. The third kappa shape index (κ3) is 5.36. The van der Waals surface area contributed by atoms with Crippen LogP contribution in [0.25, 0.3) is 11.1 Å². The average molecular weight is 441 g/mol. The molecule has 1 saturated heterocycles. The molecule has 0 saturated carbocycles. The Morgan fingerprint density at radius 3 is 2.00 bits per heavy atom. The highest BCUT2D eigenvalue weighted by molar-refractivity contribution is 5.94. The lowest BCUT2D eigenvalue weighted by Crippen LogP contribution is -2.40. The molecule has 1 unspecified atom stereocenters. The molecule has 0 bridgehead atoms. The van der Waals surface area contributed by atoms with E-state index in [0.717, 1.165) is 42.6 Å². The lowest BCUT2D eigenvalue weighted by atomic mass is 9.90. The molecule has 1 aliphatic rings. The van der Waals surface area contributed by atoms with E-state index >= 15 is 0 Å². The van der Waals surface area contributed by atoms with Crippen molar-refractivity contribution in [2.45, 2.75) is 32.2 Å². The van der Waals surface area contributed by atoms with Gasteiger partial charge in [-0.2, -0.15) is 0 Å². The Hall–Kier alpha value is -2.73. The number of methoxy groups -OCH3 is 3. The summed E-state index contributed by atoms with van der Waals surface area (Å²) in [7, 11) is 9.06. The summed E-state index contributed by atoms with van der Waals surface area (Å²) >= 11 is 0. The van der Waals surface area contributed by atoms with E-state index in [1.54, 1.807) is 21.3 Å². The molecule has 174 valence electrons. The van der Waals surface area contributed by atoms with Crippen LogP contribution in [-0.4, -0.2) is 70.3 Å². The summed E-state index contributed by atoms with van der Waals surface area (Å²) < 4.78 is 16.3. The van der Waals surface area contributed by atoms with Gasteiger partial charge in [0.05, 0.1) is 21.3 Å². The van der Waals surface area contributed by atoms with Gasteiger partial charge in [0, 0.05) is 24.7 Å². The van der Waals surface area contributed by atoms with Crippen molar-refractivity contribution in [3.8, 4) is 28.4 Å². The van der Waals surface area contributed by atoms with Gasteiger partial charge in [0.2, 0.25) is 5.75 Å². The van der Waals surface area contributed by atoms with Crippen LogP contribution in [0.5, 0.6) is 17.2 Å². The van der Waals surface area contributed by atoms with E-state index < -0.39 is 0 Å². The number of benzene rings is 2. The number of nitrogens with zero attached hydrogens (tertiary/aromatic N) is 2. The Morgan fingerprint density at radius 2 is 1.53 bits per heavy atom. The van der Waals surface area contributed by atoms with Gasteiger partial charge in [-0.3, -0.25) is 4.79 Å². The Bertz CT molecular complexity index is 878. The van der Waals surface area contributed by atoms with Crippen molar-refractivity contribution in [2.24, 2.45) is 5.92 Å². The molecule has 1 fully saturated rings. The van der Waals surface area contributed by atoms with Gasteiger partial charge in [-0.15, -0.1) is 0 Å². The van der Waals surface area contributed by atoms with Crippen LogP contribution >= 0.6 is 0 Å². The maximum absolute atomic E-state index is 13.0. The summed E-state index contributed by atoms with van der Waals surface area (Å²) in [4.78, 5) is 17.3. The smallest absolute Gasteiger partial charge is 0.253 e. The second-order valence-electron chi connectivity index (χ2n) is 8.78. The van der Waals surface area contributed by atoms with Crippen LogP contribution in [0.2, 0.25) is 0 Å². The molecule has 6 heteroatoms. The first-order chi connectivity index (χ1) is 15.4. The fourth-order valence-corrected chi connectivity index (χ4v) is 4.30. The van der Waals surface area contributed by atoms with E-state index in [1.165, 1.54) is 6.42 Å². The maximum atomic E-state index is 13.0. The molecule has 1 atom stereocenters. The summed E-state index contributed by atoms with van der Waals surface area (Å²) in [6.07, 6.45) is 3.35. The highest BCUT2D eigenvalue weighted by Crippen LogP contribution is 2.41. The van der Waals surface area contributed by atoms with Crippen LogP contribution in [0.3, 0.4) is 0 Å². The van der Waals surface area contributed by atoms with E-state index in [4.69, 9.17) is 14.2 Å². The summed E-state index contributed by atoms with van der Waals surface area (Å²) in [6.45, 7) is 3.93. The van der Waals surface area contributed by atoms with E-state index in [9.17, 15) is 4.79 Å². The zero-order valence-electron chi connectivity index (χ0n) is 20.2. The normalized spacial score (nSPS) is 15.5. The Kier molecular flexibility index (Phi) is 8.02.